The molecule has 0 aliphatic carbocycles. The van der Waals surface area contributed by atoms with E-state index in [1.807, 2.05) is 74.2 Å². The standard InChI is InChI=1S/C35H33N3O5/c1-4-6-31(40)43-18-30(39)21-11-12-25-28(16-21)37-33-26(34(36)41)14-13-24(32(25)33)23-7-5-8-29(20(23)3)38-17-22-10-9-19(2)15-27(22)35(38)42/h5,7-16,30,37,39H,4,6,17-18H2,1-3H3,(H2,36,41). The number of hydrogen-bond acceptors (Lipinski definition) is 5. The number of aryl methyl sites for hydroxylation is 1. The molecule has 8 nitrogen and oxygen atoms in total. The predicted octanol–water partition coefficient (Wildman–Crippen LogP) is 6.24. The van der Waals surface area contributed by atoms with E-state index < -0.39 is 12.0 Å². The summed E-state index contributed by atoms with van der Waals surface area (Å²) in [4.78, 5) is 42.9. The average Bonchev–Trinajstić information content (AvgIpc) is 3.53. The Bertz CT molecular complexity index is 1940. The molecule has 0 radical (unpaired) electrons. The van der Waals surface area contributed by atoms with Crippen LogP contribution < -0.4 is 10.6 Å². The number of fused-ring (bicyclic) bond motifs is 4. The van der Waals surface area contributed by atoms with Crippen LogP contribution in [-0.4, -0.2) is 34.5 Å². The number of nitrogens with one attached hydrogen (secondary N) is 1. The molecule has 0 spiro atoms. The summed E-state index contributed by atoms with van der Waals surface area (Å²) in [5.74, 6) is -0.935. The highest BCUT2D eigenvalue weighted by atomic mass is 16.5. The number of amides is 2. The summed E-state index contributed by atoms with van der Waals surface area (Å²) in [6.45, 7) is 6.23. The van der Waals surface area contributed by atoms with Crippen molar-refractivity contribution in [1.29, 1.82) is 0 Å². The molecule has 8 heteroatoms. The molecule has 0 bridgehead atoms. The van der Waals surface area contributed by atoms with Crippen LogP contribution in [-0.2, 0) is 16.1 Å². The fraction of sp³-hybridized carbons (Fsp3) is 0.229. The Morgan fingerprint density at radius 1 is 1.02 bits per heavy atom. The van der Waals surface area contributed by atoms with Crippen LogP contribution >= 0.6 is 0 Å². The second-order valence-corrected chi connectivity index (χ2v) is 11.2. The van der Waals surface area contributed by atoms with Crippen molar-refractivity contribution in [3.05, 3.63) is 100 Å². The molecule has 4 aromatic carbocycles. The van der Waals surface area contributed by atoms with E-state index in [0.717, 1.165) is 49.8 Å². The van der Waals surface area contributed by atoms with E-state index in [4.69, 9.17) is 10.5 Å². The SMILES string of the molecule is CCCC(=O)OCC(O)c1ccc2c(c1)[nH]c1c(C(N)=O)ccc(-c3cccc(N4Cc5ccc(C)cc5C4=O)c3C)c12. The topological polar surface area (TPSA) is 126 Å². The summed E-state index contributed by atoms with van der Waals surface area (Å²) < 4.78 is 5.21. The Balaban J connectivity index is 1.44. The van der Waals surface area contributed by atoms with Crippen molar-refractivity contribution in [1.82, 2.24) is 4.98 Å². The molecule has 5 aromatic rings. The molecular formula is C35H33N3O5. The van der Waals surface area contributed by atoms with Crippen LogP contribution in [0, 0.1) is 13.8 Å². The smallest absolute Gasteiger partial charge is 0.305 e. The number of aliphatic hydroxyl groups is 1. The van der Waals surface area contributed by atoms with Gasteiger partial charge in [-0.05, 0) is 72.4 Å². The van der Waals surface area contributed by atoms with Gasteiger partial charge in [-0.2, -0.15) is 0 Å². The van der Waals surface area contributed by atoms with Crippen molar-refractivity contribution < 1.29 is 24.2 Å². The van der Waals surface area contributed by atoms with E-state index >= 15 is 0 Å². The van der Waals surface area contributed by atoms with Crippen molar-refractivity contribution in [3.63, 3.8) is 0 Å². The molecule has 43 heavy (non-hydrogen) atoms. The molecule has 6 rings (SSSR count). The molecule has 1 aromatic heterocycles. The molecule has 1 aliphatic heterocycles. The van der Waals surface area contributed by atoms with Gasteiger partial charge >= 0.3 is 5.97 Å². The van der Waals surface area contributed by atoms with Crippen LogP contribution in [0.4, 0.5) is 5.69 Å². The Kier molecular flexibility index (Phi) is 7.23. The van der Waals surface area contributed by atoms with Crippen molar-refractivity contribution in [3.8, 4) is 11.1 Å². The lowest BCUT2D eigenvalue weighted by atomic mass is 9.93. The van der Waals surface area contributed by atoms with E-state index in [1.165, 1.54) is 0 Å². The lowest BCUT2D eigenvalue weighted by Gasteiger charge is -2.21. The van der Waals surface area contributed by atoms with Crippen molar-refractivity contribution in [2.24, 2.45) is 5.73 Å². The van der Waals surface area contributed by atoms with Crippen LogP contribution in [0.5, 0.6) is 0 Å². The molecular weight excluding hydrogens is 542 g/mol. The Hall–Kier alpha value is -4.95. The van der Waals surface area contributed by atoms with Gasteiger partial charge in [-0.25, -0.2) is 0 Å². The molecule has 0 fully saturated rings. The first-order valence-electron chi connectivity index (χ1n) is 14.4. The fourth-order valence-electron chi connectivity index (χ4n) is 6.03. The van der Waals surface area contributed by atoms with Gasteiger partial charge in [0.05, 0.1) is 17.6 Å². The molecule has 1 atom stereocenters. The molecule has 2 heterocycles. The molecule has 2 amide bonds. The number of benzene rings is 4. The molecule has 218 valence electrons. The van der Waals surface area contributed by atoms with Crippen LogP contribution in [0.3, 0.4) is 0 Å². The molecule has 1 aliphatic rings. The Morgan fingerprint density at radius 3 is 2.60 bits per heavy atom. The number of nitrogens with two attached hydrogens (primary N) is 1. The average molecular weight is 576 g/mol. The second kappa shape index (κ2) is 11.0. The van der Waals surface area contributed by atoms with E-state index in [1.54, 1.807) is 18.2 Å². The zero-order valence-corrected chi connectivity index (χ0v) is 24.4. The van der Waals surface area contributed by atoms with Gasteiger partial charge in [0.2, 0.25) is 0 Å². The quantitative estimate of drug-likeness (QED) is 0.189. The van der Waals surface area contributed by atoms with Gasteiger partial charge in [0, 0.05) is 34.0 Å². The first kappa shape index (κ1) is 28.2. The minimum Gasteiger partial charge on any atom is -0.463 e. The van der Waals surface area contributed by atoms with Gasteiger partial charge in [-0.3, -0.25) is 14.4 Å². The highest BCUT2D eigenvalue weighted by Gasteiger charge is 2.30. The first-order valence-corrected chi connectivity index (χ1v) is 14.4. The fourth-order valence-corrected chi connectivity index (χ4v) is 6.03. The highest BCUT2D eigenvalue weighted by molar-refractivity contribution is 6.20. The predicted molar refractivity (Wildman–Crippen MR) is 167 cm³/mol. The maximum Gasteiger partial charge on any atom is 0.305 e. The van der Waals surface area contributed by atoms with Crippen LogP contribution in [0.15, 0.2) is 66.7 Å². The number of hydrogen-bond donors (Lipinski definition) is 3. The van der Waals surface area contributed by atoms with Gasteiger partial charge in [0.15, 0.2) is 0 Å². The monoisotopic (exact) mass is 575 g/mol. The number of esters is 1. The van der Waals surface area contributed by atoms with Crippen LogP contribution in [0.1, 0.15) is 68.8 Å². The number of carbonyl (C=O) groups excluding carboxylic acids is 3. The maximum absolute atomic E-state index is 13.4. The molecule has 4 N–H and O–H groups in total. The number of ether oxygens (including phenoxy) is 1. The molecule has 0 saturated heterocycles. The largest absolute Gasteiger partial charge is 0.463 e. The Morgan fingerprint density at radius 2 is 1.84 bits per heavy atom. The number of primary amides is 1. The number of aromatic amines is 1. The third-order valence-corrected chi connectivity index (χ3v) is 8.24. The number of aromatic nitrogens is 1. The normalized spacial score (nSPS) is 13.5. The van der Waals surface area contributed by atoms with Crippen molar-refractivity contribution >= 4 is 45.3 Å². The minimum atomic E-state index is -1.00. The highest BCUT2D eigenvalue weighted by Crippen LogP contribution is 2.41. The van der Waals surface area contributed by atoms with Gasteiger partial charge in [0.25, 0.3) is 11.8 Å². The zero-order valence-electron chi connectivity index (χ0n) is 24.4. The maximum atomic E-state index is 13.4. The van der Waals surface area contributed by atoms with Gasteiger partial charge in [0.1, 0.15) is 12.7 Å². The summed E-state index contributed by atoms with van der Waals surface area (Å²) in [6, 6.07) is 21.0. The third kappa shape index (κ3) is 4.93. The number of carbonyl (C=O) groups is 3. The van der Waals surface area contributed by atoms with E-state index in [2.05, 4.69) is 4.98 Å². The van der Waals surface area contributed by atoms with Crippen LogP contribution in [0.2, 0.25) is 0 Å². The Labute approximate surface area is 249 Å². The van der Waals surface area contributed by atoms with Gasteiger partial charge in [-0.15, -0.1) is 0 Å². The number of rotatable bonds is 8. The minimum absolute atomic E-state index is 0.0215. The molecule has 0 saturated carbocycles. The second-order valence-electron chi connectivity index (χ2n) is 11.2. The molecule has 1 unspecified atom stereocenters. The summed E-state index contributed by atoms with van der Waals surface area (Å²) in [5.41, 5.74) is 14.3. The number of anilines is 1. The number of H-pyrrole nitrogens is 1. The summed E-state index contributed by atoms with van der Waals surface area (Å²) in [6.07, 6.45) is -0.0348. The van der Waals surface area contributed by atoms with Crippen LogP contribution in [0.25, 0.3) is 32.9 Å². The van der Waals surface area contributed by atoms with Gasteiger partial charge in [-0.1, -0.05) is 55.0 Å². The van der Waals surface area contributed by atoms with Crippen molar-refractivity contribution in [2.75, 3.05) is 11.5 Å². The third-order valence-electron chi connectivity index (χ3n) is 8.24. The summed E-state index contributed by atoms with van der Waals surface area (Å²) in [5, 5.41) is 12.4. The summed E-state index contributed by atoms with van der Waals surface area (Å²) >= 11 is 0. The lowest BCUT2D eigenvalue weighted by molar-refractivity contribution is -0.146. The lowest BCUT2D eigenvalue weighted by Crippen LogP contribution is -2.24. The number of nitrogens with zero attached hydrogens (tertiary/aromatic N) is 1. The zero-order chi connectivity index (χ0) is 30.4. The van der Waals surface area contributed by atoms with E-state index in [-0.39, 0.29) is 18.5 Å². The number of aliphatic hydroxyl groups excluding tert-OH is 1. The van der Waals surface area contributed by atoms with E-state index in [0.29, 0.717) is 41.5 Å². The van der Waals surface area contributed by atoms with Gasteiger partial charge < -0.3 is 25.5 Å². The summed E-state index contributed by atoms with van der Waals surface area (Å²) in [7, 11) is 0. The first-order chi connectivity index (χ1) is 20.7. The van der Waals surface area contributed by atoms with Crippen molar-refractivity contribution in [2.45, 2.75) is 46.3 Å². The van der Waals surface area contributed by atoms with E-state index in [9.17, 15) is 19.5 Å².